The number of ether oxygens (including phenoxy) is 1. The molecule has 2 aromatic rings. The highest BCUT2D eigenvalue weighted by Crippen LogP contribution is 2.36. The Balaban J connectivity index is 2.09. The van der Waals surface area contributed by atoms with Crippen LogP contribution in [-0.2, 0) is 9.80 Å². The molecule has 0 aliphatic heterocycles. The number of aryl methyl sites for hydroxylation is 1. The fourth-order valence-corrected chi connectivity index (χ4v) is 3.01. The van der Waals surface area contributed by atoms with E-state index in [1.807, 2.05) is 30.3 Å². The van der Waals surface area contributed by atoms with E-state index in [1.165, 1.54) is 10.5 Å². The van der Waals surface area contributed by atoms with Crippen molar-refractivity contribution in [1.29, 1.82) is 0 Å². The molecule has 100 valence electrons. The van der Waals surface area contributed by atoms with E-state index in [2.05, 4.69) is 31.2 Å². The highest BCUT2D eigenvalue weighted by molar-refractivity contribution is 7.99. The topological polar surface area (TPSA) is 9.23 Å². The lowest BCUT2D eigenvalue weighted by Crippen LogP contribution is -2.24. The number of hydrogen-bond donors (Lipinski definition) is 0. The molecule has 1 unspecified atom stereocenters. The number of hydrogen-bond acceptors (Lipinski definition) is 2. The summed E-state index contributed by atoms with van der Waals surface area (Å²) in [6.07, 6.45) is 0. The van der Waals surface area contributed by atoms with Gasteiger partial charge in [0.15, 0.2) is 5.06 Å². The first-order valence-corrected chi connectivity index (χ1v) is 7.49. The Bertz CT molecular complexity index is 512. The monoisotopic (exact) mass is 292 g/mol. The summed E-state index contributed by atoms with van der Waals surface area (Å²) >= 11 is 8.29. The summed E-state index contributed by atoms with van der Waals surface area (Å²) < 4.78 is 5.51. The van der Waals surface area contributed by atoms with Crippen molar-refractivity contribution >= 4 is 23.4 Å². The summed E-state index contributed by atoms with van der Waals surface area (Å²) in [6, 6.07) is 18.3. The van der Waals surface area contributed by atoms with E-state index in [4.69, 9.17) is 16.3 Å². The van der Waals surface area contributed by atoms with Crippen molar-refractivity contribution in [2.45, 2.75) is 16.9 Å². The molecule has 0 aliphatic rings. The number of benzene rings is 2. The average molecular weight is 293 g/mol. The van der Waals surface area contributed by atoms with Crippen LogP contribution in [0.2, 0.25) is 0 Å². The Kier molecular flexibility index (Phi) is 4.92. The van der Waals surface area contributed by atoms with Gasteiger partial charge in [0, 0.05) is 17.8 Å². The fraction of sp³-hybridized carbons (Fsp3) is 0.250. The number of halogens is 1. The fourth-order valence-electron chi connectivity index (χ4n) is 1.76. The third kappa shape index (κ3) is 3.75. The second-order valence-electron chi connectivity index (χ2n) is 4.40. The summed E-state index contributed by atoms with van der Waals surface area (Å²) in [6.45, 7) is 2.08. The molecule has 0 amide bonds. The van der Waals surface area contributed by atoms with Gasteiger partial charge in [0.2, 0.25) is 0 Å². The quantitative estimate of drug-likeness (QED) is 0.577. The first-order chi connectivity index (χ1) is 9.14. The maximum Gasteiger partial charge on any atom is 0.176 e. The van der Waals surface area contributed by atoms with Gasteiger partial charge in [0.1, 0.15) is 0 Å². The Morgan fingerprint density at radius 1 is 1.05 bits per heavy atom. The first kappa shape index (κ1) is 14.4. The second kappa shape index (κ2) is 6.47. The van der Waals surface area contributed by atoms with Crippen LogP contribution in [0.4, 0.5) is 0 Å². The third-order valence-electron chi connectivity index (χ3n) is 2.97. The normalized spacial score (nSPS) is 14.1. The largest absolute Gasteiger partial charge is 0.358 e. The number of methoxy groups -OCH3 is 1. The van der Waals surface area contributed by atoms with Gasteiger partial charge in [-0.25, -0.2) is 0 Å². The van der Waals surface area contributed by atoms with Gasteiger partial charge in [-0.2, -0.15) is 0 Å². The minimum absolute atomic E-state index is 0.665. The van der Waals surface area contributed by atoms with Gasteiger partial charge in [-0.15, -0.1) is 11.8 Å². The van der Waals surface area contributed by atoms with Crippen molar-refractivity contribution in [3.8, 4) is 0 Å². The van der Waals surface area contributed by atoms with Crippen LogP contribution < -0.4 is 0 Å². The van der Waals surface area contributed by atoms with Crippen LogP contribution >= 0.6 is 23.4 Å². The summed E-state index contributed by atoms with van der Waals surface area (Å²) in [5, 5.41) is -0.781. The Labute approximate surface area is 123 Å². The maximum atomic E-state index is 6.59. The molecule has 0 bridgehead atoms. The highest BCUT2D eigenvalue weighted by atomic mass is 35.5. The summed E-state index contributed by atoms with van der Waals surface area (Å²) in [5.74, 6) is 0.665. The Hall–Kier alpha value is -0.960. The second-order valence-corrected chi connectivity index (χ2v) is 6.06. The highest BCUT2D eigenvalue weighted by Gasteiger charge is 2.29. The lowest BCUT2D eigenvalue weighted by molar-refractivity contribution is 0.0828. The van der Waals surface area contributed by atoms with Crippen molar-refractivity contribution in [3.63, 3.8) is 0 Å². The lowest BCUT2D eigenvalue weighted by Gasteiger charge is -2.25. The molecule has 1 nitrogen and oxygen atoms in total. The standard InChI is InChI=1S/C16H17ClOS/c1-13-8-10-15(11-9-13)19-12-16(17,18-2)14-6-4-3-5-7-14/h3-11H,12H2,1-2H3. The van der Waals surface area contributed by atoms with Crippen molar-refractivity contribution < 1.29 is 4.74 Å². The third-order valence-corrected chi connectivity index (χ3v) is 4.79. The smallest absolute Gasteiger partial charge is 0.176 e. The molecule has 0 radical (unpaired) electrons. The van der Waals surface area contributed by atoms with Crippen LogP contribution in [0.3, 0.4) is 0 Å². The zero-order chi connectivity index (χ0) is 13.7. The molecule has 0 saturated heterocycles. The lowest BCUT2D eigenvalue weighted by atomic mass is 10.1. The maximum absolute atomic E-state index is 6.59. The van der Waals surface area contributed by atoms with Gasteiger partial charge in [-0.1, -0.05) is 59.6 Å². The molecule has 0 N–H and O–H groups in total. The molecule has 19 heavy (non-hydrogen) atoms. The van der Waals surface area contributed by atoms with Gasteiger partial charge >= 0.3 is 0 Å². The predicted molar refractivity (Wildman–Crippen MR) is 82.9 cm³/mol. The molecule has 2 rings (SSSR count). The number of thioether (sulfide) groups is 1. The van der Waals surface area contributed by atoms with E-state index in [1.54, 1.807) is 18.9 Å². The predicted octanol–water partition coefficient (Wildman–Crippen LogP) is 4.83. The van der Waals surface area contributed by atoms with Crippen molar-refractivity contribution in [2.24, 2.45) is 0 Å². The van der Waals surface area contributed by atoms with E-state index in [9.17, 15) is 0 Å². The molecular formula is C16H17ClOS. The van der Waals surface area contributed by atoms with Gasteiger partial charge in [-0.3, -0.25) is 0 Å². The van der Waals surface area contributed by atoms with Crippen LogP contribution in [0.5, 0.6) is 0 Å². The zero-order valence-corrected chi connectivity index (χ0v) is 12.7. The van der Waals surface area contributed by atoms with Crippen molar-refractivity contribution in [1.82, 2.24) is 0 Å². The molecule has 0 spiro atoms. The number of rotatable bonds is 5. The molecule has 0 fully saturated rings. The van der Waals surface area contributed by atoms with Crippen LogP contribution in [0.25, 0.3) is 0 Å². The van der Waals surface area contributed by atoms with Crippen LogP contribution in [-0.4, -0.2) is 12.9 Å². The SMILES string of the molecule is COC(Cl)(CSc1ccc(C)cc1)c1ccccc1. The molecule has 0 aromatic heterocycles. The van der Waals surface area contributed by atoms with Crippen LogP contribution in [0, 0.1) is 6.92 Å². The van der Waals surface area contributed by atoms with E-state index in [0.29, 0.717) is 5.75 Å². The van der Waals surface area contributed by atoms with Gasteiger partial charge in [0.25, 0.3) is 0 Å². The summed E-state index contributed by atoms with van der Waals surface area (Å²) in [5.41, 5.74) is 2.25. The molecule has 0 aliphatic carbocycles. The van der Waals surface area contributed by atoms with Gasteiger partial charge in [-0.05, 0) is 24.6 Å². The molecule has 3 heteroatoms. The minimum Gasteiger partial charge on any atom is -0.358 e. The van der Waals surface area contributed by atoms with Crippen LogP contribution in [0.15, 0.2) is 59.5 Å². The average Bonchev–Trinajstić information content (AvgIpc) is 2.47. The Morgan fingerprint density at radius 2 is 1.68 bits per heavy atom. The number of alkyl halides is 1. The van der Waals surface area contributed by atoms with E-state index in [-0.39, 0.29) is 0 Å². The summed E-state index contributed by atoms with van der Waals surface area (Å²) in [7, 11) is 1.65. The van der Waals surface area contributed by atoms with Gasteiger partial charge < -0.3 is 4.74 Å². The first-order valence-electron chi connectivity index (χ1n) is 6.13. The Morgan fingerprint density at radius 3 is 2.26 bits per heavy atom. The molecule has 0 heterocycles. The molecular weight excluding hydrogens is 276 g/mol. The van der Waals surface area contributed by atoms with Crippen molar-refractivity contribution in [2.75, 3.05) is 12.9 Å². The summed E-state index contributed by atoms with van der Waals surface area (Å²) in [4.78, 5) is 1.20. The van der Waals surface area contributed by atoms with E-state index >= 15 is 0 Å². The van der Waals surface area contributed by atoms with E-state index < -0.39 is 5.06 Å². The minimum atomic E-state index is -0.781. The molecule has 0 saturated carbocycles. The zero-order valence-electron chi connectivity index (χ0n) is 11.1. The van der Waals surface area contributed by atoms with Crippen molar-refractivity contribution in [3.05, 3.63) is 65.7 Å². The molecule has 1 atom stereocenters. The van der Waals surface area contributed by atoms with Gasteiger partial charge in [0.05, 0.1) is 0 Å². The van der Waals surface area contributed by atoms with Crippen LogP contribution in [0.1, 0.15) is 11.1 Å². The van der Waals surface area contributed by atoms with E-state index in [0.717, 1.165) is 5.56 Å². The molecule has 2 aromatic carbocycles.